The van der Waals surface area contributed by atoms with E-state index < -0.39 is 15.7 Å². The first-order valence-corrected chi connectivity index (χ1v) is 7.79. The number of nitrogens with zero attached hydrogens (tertiary/aromatic N) is 1. The molecular formula is C12H17N3O4S. The van der Waals surface area contributed by atoms with Crippen LogP contribution in [0.4, 0.5) is 11.4 Å². The van der Waals surface area contributed by atoms with Gasteiger partial charge in [0.25, 0.3) is 11.6 Å². The highest BCUT2D eigenvalue weighted by Crippen LogP contribution is 2.25. The quantitative estimate of drug-likeness (QED) is 0.580. The summed E-state index contributed by atoms with van der Waals surface area (Å²) >= 11 is 0. The smallest absolute Gasteiger partial charge is 0.292 e. The molecule has 0 bridgehead atoms. The molecule has 7 nitrogen and oxygen atoms in total. The van der Waals surface area contributed by atoms with Crippen LogP contribution >= 0.6 is 0 Å². The molecule has 0 aliphatic rings. The van der Waals surface area contributed by atoms with Gasteiger partial charge in [-0.05, 0) is 19.1 Å². The van der Waals surface area contributed by atoms with Gasteiger partial charge in [0.15, 0.2) is 0 Å². The Kier molecular flexibility index (Phi) is 6.10. The second-order valence-corrected chi connectivity index (χ2v) is 5.61. The van der Waals surface area contributed by atoms with Crippen LogP contribution in [0.15, 0.2) is 18.2 Å². The van der Waals surface area contributed by atoms with E-state index in [-0.39, 0.29) is 11.6 Å². The zero-order valence-corrected chi connectivity index (χ0v) is 12.2. The van der Waals surface area contributed by atoms with Gasteiger partial charge < -0.3 is 10.6 Å². The molecule has 0 saturated heterocycles. The molecule has 0 aromatic heterocycles. The molecule has 0 spiro atoms. The average molecular weight is 299 g/mol. The van der Waals surface area contributed by atoms with Crippen LogP contribution in [0.2, 0.25) is 0 Å². The van der Waals surface area contributed by atoms with Crippen LogP contribution in [0.5, 0.6) is 0 Å². The Bertz CT molecular complexity index is 533. The van der Waals surface area contributed by atoms with Gasteiger partial charge in [0.05, 0.1) is 4.92 Å². The Labute approximate surface area is 119 Å². The van der Waals surface area contributed by atoms with Gasteiger partial charge in [0.1, 0.15) is 5.69 Å². The van der Waals surface area contributed by atoms with E-state index in [1.807, 2.05) is 6.92 Å². The third kappa shape index (κ3) is 4.61. The molecule has 8 heteroatoms. The molecule has 0 heterocycles. The molecule has 0 fully saturated rings. The molecule has 110 valence electrons. The Morgan fingerprint density at radius 3 is 2.70 bits per heavy atom. The van der Waals surface area contributed by atoms with Crippen molar-refractivity contribution in [3.05, 3.63) is 33.9 Å². The van der Waals surface area contributed by atoms with E-state index in [4.69, 9.17) is 0 Å². The van der Waals surface area contributed by atoms with Crippen LogP contribution < -0.4 is 10.6 Å². The maximum atomic E-state index is 11.9. The Morgan fingerprint density at radius 1 is 1.45 bits per heavy atom. The first-order chi connectivity index (χ1) is 9.45. The van der Waals surface area contributed by atoms with Crippen LogP contribution in [-0.2, 0) is 10.8 Å². The van der Waals surface area contributed by atoms with Gasteiger partial charge in [-0.15, -0.1) is 0 Å². The lowest BCUT2D eigenvalue weighted by Crippen LogP contribution is -2.27. The minimum atomic E-state index is -0.972. The average Bonchev–Trinajstić information content (AvgIpc) is 2.38. The predicted octanol–water partition coefficient (Wildman–Crippen LogP) is 1.13. The van der Waals surface area contributed by atoms with Crippen molar-refractivity contribution in [3.63, 3.8) is 0 Å². The number of rotatable bonds is 7. The number of benzene rings is 1. The summed E-state index contributed by atoms with van der Waals surface area (Å²) in [5.74, 6) is 0.0307. The highest BCUT2D eigenvalue weighted by atomic mass is 32.2. The molecule has 20 heavy (non-hydrogen) atoms. The summed E-state index contributed by atoms with van der Waals surface area (Å²) in [6.45, 7) is 2.63. The van der Waals surface area contributed by atoms with Crippen LogP contribution in [0, 0.1) is 10.1 Å². The number of hydrogen-bond donors (Lipinski definition) is 2. The van der Waals surface area contributed by atoms with Crippen molar-refractivity contribution < 1.29 is 13.9 Å². The van der Waals surface area contributed by atoms with Gasteiger partial charge in [-0.25, -0.2) is 0 Å². The third-order valence-corrected chi connectivity index (χ3v) is 3.28. The van der Waals surface area contributed by atoms with E-state index in [9.17, 15) is 19.1 Å². The van der Waals surface area contributed by atoms with Crippen LogP contribution in [0.1, 0.15) is 17.3 Å². The number of carbonyl (C=O) groups is 1. The molecule has 0 saturated carbocycles. The standard InChI is InChI=1S/C12H17N3O4S/c1-3-13-10-8-9(4-5-11(10)15(17)18)12(16)14-6-7-20(2)19/h4-5,8,13H,3,6-7H2,1-2H3,(H,14,16). The molecule has 0 aliphatic heterocycles. The Hall–Kier alpha value is -1.96. The molecule has 0 aliphatic carbocycles. The summed E-state index contributed by atoms with van der Waals surface area (Å²) in [5, 5.41) is 16.3. The fourth-order valence-electron chi connectivity index (χ4n) is 1.58. The van der Waals surface area contributed by atoms with Crippen LogP contribution in [0.3, 0.4) is 0 Å². The maximum absolute atomic E-state index is 11.9. The predicted molar refractivity (Wildman–Crippen MR) is 78.5 cm³/mol. The van der Waals surface area contributed by atoms with Gasteiger partial charge in [-0.1, -0.05) is 0 Å². The number of nitrogens with one attached hydrogen (secondary N) is 2. The van der Waals surface area contributed by atoms with Crippen LogP contribution in [-0.4, -0.2) is 40.1 Å². The van der Waals surface area contributed by atoms with Crippen molar-refractivity contribution in [1.29, 1.82) is 0 Å². The van der Waals surface area contributed by atoms with E-state index in [2.05, 4.69) is 10.6 Å². The number of hydrogen-bond acceptors (Lipinski definition) is 5. The molecule has 1 unspecified atom stereocenters. The fourth-order valence-corrected chi connectivity index (χ4v) is 1.97. The van der Waals surface area contributed by atoms with Gasteiger partial charge in [-0.3, -0.25) is 19.1 Å². The van der Waals surface area contributed by atoms with E-state index in [1.54, 1.807) is 6.26 Å². The van der Waals surface area contributed by atoms with E-state index in [0.29, 0.717) is 30.1 Å². The maximum Gasteiger partial charge on any atom is 0.292 e. The van der Waals surface area contributed by atoms with Gasteiger partial charge in [0.2, 0.25) is 0 Å². The number of nitro groups is 1. The zero-order valence-electron chi connectivity index (χ0n) is 11.3. The molecular weight excluding hydrogens is 282 g/mol. The van der Waals surface area contributed by atoms with Gasteiger partial charge in [-0.2, -0.15) is 0 Å². The molecule has 1 amide bonds. The van der Waals surface area contributed by atoms with Gasteiger partial charge >= 0.3 is 0 Å². The van der Waals surface area contributed by atoms with Crippen molar-refractivity contribution in [3.8, 4) is 0 Å². The summed E-state index contributed by atoms with van der Waals surface area (Å²) in [5.41, 5.74) is 0.565. The highest BCUT2D eigenvalue weighted by molar-refractivity contribution is 7.84. The normalized spacial score (nSPS) is 11.7. The first-order valence-electron chi connectivity index (χ1n) is 6.06. The number of amides is 1. The molecule has 1 aromatic rings. The zero-order chi connectivity index (χ0) is 15.1. The monoisotopic (exact) mass is 299 g/mol. The van der Waals surface area contributed by atoms with Crippen molar-refractivity contribution in [2.75, 3.05) is 30.4 Å². The molecule has 1 rings (SSSR count). The molecule has 1 aromatic carbocycles. The van der Waals surface area contributed by atoms with Crippen molar-refractivity contribution in [1.82, 2.24) is 5.32 Å². The minimum absolute atomic E-state index is 0.0712. The number of nitro benzene ring substituents is 1. The largest absolute Gasteiger partial charge is 0.380 e. The Balaban J connectivity index is 2.85. The molecule has 2 N–H and O–H groups in total. The summed E-state index contributed by atoms with van der Waals surface area (Å²) < 4.78 is 10.9. The highest BCUT2D eigenvalue weighted by Gasteiger charge is 2.16. The molecule has 1 atom stereocenters. The first kappa shape index (κ1) is 16.1. The van der Waals surface area contributed by atoms with Crippen molar-refractivity contribution >= 4 is 28.1 Å². The third-order valence-electron chi connectivity index (χ3n) is 2.50. The molecule has 0 radical (unpaired) electrons. The van der Waals surface area contributed by atoms with E-state index in [0.717, 1.165) is 0 Å². The summed E-state index contributed by atoms with van der Waals surface area (Å²) in [7, 11) is -0.972. The summed E-state index contributed by atoms with van der Waals surface area (Å²) in [4.78, 5) is 22.2. The minimum Gasteiger partial charge on any atom is -0.380 e. The van der Waals surface area contributed by atoms with E-state index in [1.165, 1.54) is 18.2 Å². The second-order valence-electron chi connectivity index (χ2n) is 4.05. The number of anilines is 1. The van der Waals surface area contributed by atoms with Crippen molar-refractivity contribution in [2.45, 2.75) is 6.92 Å². The summed E-state index contributed by atoms with van der Waals surface area (Å²) in [6, 6.07) is 4.14. The lowest BCUT2D eigenvalue weighted by atomic mass is 10.1. The summed E-state index contributed by atoms with van der Waals surface area (Å²) in [6.07, 6.45) is 1.56. The topological polar surface area (TPSA) is 101 Å². The lowest BCUT2D eigenvalue weighted by molar-refractivity contribution is -0.384. The lowest BCUT2D eigenvalue weighted by Gasteiger charge is -2.08. The second kappa shape index (κ2) is 7.59. The SMILES string of the molecule is CCNc1cc(C(=O)NCCS(C)=O)ccc1[N+](=O)[O-]. The Morgan fingerprint density at radius 2 is 2.15 bits per heavy atom. The van der Waals surface area contributed by atoms with Crippen molar-refractivity contribution in [2.24, 2.45) is 0 Å². The van der Waals surface area contributed by atoms with Crippen LogP contribution in [0.25, 0.3) is 0 Å². The fraction of sp³-hybridized carbons (Fsp3) is 0.417. The van der Waals surface area contributed by atoms with Gasteiger partial charge in [0, 0.05) is 47.5 Å². The van der Waals surface area contributed by atoms with E-state index >= 15 is 0 Å². The number of carbonyl (C=O) groups excluding carboxylic acids is 1.